The summed E-state index contributed by atoms with van der Waals surface area (Å²) in [5, 5.41) is 9.81. The Morgan fingerprint density at radius 3 is 2.60 bits per heavy atom. The molecule has 0 fully saturated rings. The molecule has 0 aromatic heterocycles. The molecule has 1 heterocycles. The number of aromatic hydroxyl groups is 1. The first-order valence-electron chi connectivity index (χ1n) is 8.12. The van der Waals surface area contributed by atoms with E-state index in [9.17, 15) is 14.7 Å². The van der Waals surface area contributed by atoms with Crippen molar-refractivity contribution in [2.24, 2.45) is 0 Å². The lowest BCUT2D eigenvalue weighted by atomic mass is 10.0. The summed E-state index contributed by atoms with van der Waals surface area (Å²) in [6, 6.07) is 4.68. The molecule has 6 heteroatoms. The fourth-order valence-corrected chi connectivity index (χ4v) is 2.88. The highest BCUT2D eigenvalue weighted by atomic mass is 16.5. The Morgan fingerprint density at radius 2 is 2.04 bits per heavy atom. The first-order chi connectivity index (χ1) is 11.8. The lowest BCUT2D eigenvalue weighted by Gasteiger charge is -2.22. The van der Waals surface area contributed by atoms with Gasteiger partial charge in [0, 0.05) is 11.7 Å². The van der Waals surface area contributed by atoms with E-state index in [-0.39, 0.29) is 28.8 Å². The minimum absolute atomic E-state index is 0.0190. The maximum atomic E-state index is 12.8. The summed E-state index contributed by atoms with van der Waals surface area (Å²) in [6.45, 7) is 7.71. The van der Waals surface area contributed by atoms with E-state index in [0.29, 0.717) is 23.6 Å². The highest BCUT2D eigenvalue weighted by Crippen LogP contribution is 2.34. The van der Waals surface area contributed by atoms with Gasteiger partial charge in [0.05, 0.1) is 24.9 Å². The third-order valence-electron chi connectivity index (χ3n) is 3.94. The van der Waals surface area contributed by atoms with Crippen molar-refractivity contribution in [2.75, 3.05) is 13.7 Å². The van der Waals surface area contributed by atoms with Gasteiger partial charge in [0.15, 0.2) is 11.5 Å². The number of allylic oxidation sites excluding steroid dienone is 1. The van der Waals surface area contributed by atoms with Crippen LogP contribution in [0.4, 0.5) is 0 Å². The number of hydrogen-bond acceptors (Lipinski definition) is 5. The van der Waals surface area contributed by atoms with Crippen molar-refractivity contribution in [2.45, 2.75) is 33.7 Å². The van der Waals surface area contributed by atoms with Crippen LogP contribution >= 0.6 is 0 Å². The average Bonchev–Trinajstić information content (AvgIpc) is 2.80. The third-order valence-corrected chi connectivity index (χ3v) is 3.94. The van der Waals surface area contributed by atoms with E-state index in [1.165, 1.54) is 13.2 Å². The van der Waals surface area contributed by atoms with Crippen molar-refractivity contribution in [3.05, 3.63) is 40.6 Å². The van der Waals surface area contributed by atoms with Crippen molar-refractivity contribution in [3.63, 3.8) is 0 Å². The Labute approximate surface area is 147 Å². The van der Waals surface area contributed by atoms with Crippen LogP contribution in [0.25, 0.3) is 6.08 Å². The lowest BCUT2D eigenvalue weighted by molar-refractivity contribution is -0.136. The molecule has 0 saturated carbocycles. The van der Waals surface area contributed by atoms with Gasteiger partial charge in [-0.1, -0.05) is 6.07 Å². The zero-order chi connectivity index (χ0) is 18.7. The largest absolute Gasteiger partial charge is 0.504 e. The fraction of sp³-hybridized carbons (Fsp3) is 0.368. The molecule has 0 saturated heterocycles. The molecule has 1 aromatic carbocycles. The molecule has 0 aliphatic carbocycles. The maximum Gasteiger partial charge on any atom is 0.340 e. The van der Waals surface area contributed by atoms with Gasteiger partial charge in [-0.15, -0.1) is 0 Å². The van der Waals surface area contributed by atoms with Crippen LogP contribution in [0.2, 0.25) is 0 Å². The summed E-state index contributed by atoms with van der Waals surface area (Å²) >= 11 is 0. The van der Waals surface area contributed by atoms with Gasteiger partial charge >= 0.3 is 5.97 Å². The summed E-state index contributed by atoms with van der Waals surface area (Å²) in [7, 11) is 1.29. The predicted molar refractivity (Wildman–Crippen MR) is 94.0 cm³/mol. The van der Waals surface area contributed by atoms with Gasteiger partial charge in [-0.3, -0.25) is 4.79 Å². The van der Waals surface area contributed by atoms with Crippen molar-refractivity contribution in [3.8, 4) is 11.5 Å². The van der Waals surface area contributed by atoms with E-state index in [1.807, 2.05) is 20.8 Å². The number of ether oxygens (including phenoxy) is 2. The van der Waals surface area contributed by atoms with Crippen molar-refractivity contribution in [1.82, 2.24) is 4.90 Å². The normalized spacial score (nSPS) is 16.2. The number of phenolic OH excluding ortho intramolecular Hbond substituents is 1. The van der Waals surface area contributed by atoms with E-state index >= 15 is 0 Å². The molecule has 0 unspecified atom stereocenters. The fourth-order valence-electron chi connectivity index (χ4n) is 2.88. The summed E-state index contributed by atoms with van der Waals surface area (Å²) in [5.41, 5.74) is 1.74. The molecule has 0 atom stereocenters. The molecular formula is C19H23NO5. The van der Waals surface area contributed by atoms with Gasteiger partial charge < -0.3 is 19.5 Å². The summed E-state index contributed by atoms with van der Waals surface area (Å²) in [5.74, 6) is -0.461. The second kappa shape index (κ2) is 7.42. The molecule has 1 aromatic rings. The predicted octanol–water partition coefficient (Wildman–Crippen LogP) is 2.87. The lowest BCUT2D eigenvalue weighted by Crippen LogP contribution is -2.31. The molecule has 0 spiro atoms. The SMILES string of the molecule is CCOc1cc(C=C2C(=O)N(C(C)C)C(C)=C2C(=O)OC)ccc1O. The van der Waals surface area contributed by atoms with E-state index in [0.717, 1.165) is 0 Å². The number of rotatable bonds is 5. The van der Waals surface area contributed by atoms with Crippen LogP contribution in [0.3, 0.4) is 0 Å². The second-order valence-corrected chi connectivity index (χ2v) is 5.94. The molecule has 1 aliphatic rings. The minimum atomic E-state index is -0.552. The quantitative estimate of drug-likeness (QED) is 0.656. The Morgan fingerprint density at radius 1 is 1.36 bits per heavy atom. The topological polar surface area (TPSA) is 76.1 Å². The van der Waals surface area contributed by atoms with Gasteiger partial charge in [-0.2, -0.15) is 0 Å². The standard InChI is InChI=1S/C19H23NO5/c1-6-25-16-10-13(7-8-15(16)21)9-14-17(19(23)24-5)12(4)20(11(2)3)18(14)22/h7-11,21H,6H2,1-5H3. The van der Waals surface area contributed by atoms with Crippen molar-refractivity contribution in [1.29, 1.82) is 0 Å². The van der Waals surface area contributed by atoms with E-state index in [4.69, 9.17) is 9.47 Å². The Hall–Kier alpha value is -2.76. The Balaban J connectivity index is 2.55. The molecule has 1 N–H and O–H groups in total. The second-order valence-electron chi connectivity index (χ2n) is 5.94. The van der Waals surface area contributed by atoms with Crippen LogP contribution in [-0.4, -0.2) is 41.6 Å². The van der Waals surface area contributed by atoms with E-state index in [2.05, 4.69) is 0 Å². The minimum Gasteiger partial charge on any atom is -0.504 e. The molecule has 0 bridgehead atoms. The number of benzene rings is 1. The first-order valence-corrected chi connectivity index (χ1v) is 8.12. The molecular weight excluding hydrogens is 322 g/mol. The number of methoxy groups -OCH3 is 1. The molecule has 0 radical (unpaired) electrons. The maximum absolute atomic E-state index is 12.8. The summed E-state index contributed by atoms with van der Waals surface area (Å²) in [6.07, 6.45) is 1.61. The average molecular weight is 345 g/mol. The van der Waals surface area contributed by atoms with Gasteiger partial charge in [0.2, 0.25) is 0 Å². The smallest absolute Gasteiger partial charge is 0.340 e. The number of amides is 1. The van der Waals surface area contributed by atoms with Crippen LogP contribution in [-0.2, 0) is 14.3 Å². The molecule has 134 valence electrons. The third kappa shape index (κ3) is 3.52. The summed E-state index contributed by atoms with van der Waals surface area (Å²) < 4.78 is 10.2. The van der Waals surface area contributed by atoms with Crippen LogP contribution in [0.1, 0.15) is 33.3 Å². The molecule has 25 heavy (non-hydrogen) atoms. The van der Waals surface area contributed by atoms with Crippen LogP contribution in [0, 0.1) is 0 Å². The molecule has 1 amide bonds. The van der Waals surface area contributed by atoms with Gasteiger partial charge in [-0.05, 0) is 51.5 Å². The number of carbonyl (C=O) groups is 2. The molecule has 1 aliphatic heterocycles. The van der Waals surface area contributed by atoms with Crippen molar-refractivity contribution >= 4 is 18.0 Å². The molecule has 6 nitrogen and oxygen atoms in total. The number of hydrogen-bond donors (Lipinski definition) is 1. The van der Waals surface area contributed by atoms with Crippen LogP contribution in [0.5, 0.6) is 11.5 Å². The zero-order valence-electron chi connectivity index (χ0n) is 15.1. The Bertz CT molecular complexity index is 761. The molecule has 2 rings (SSSR count). The zero-order valence-corrected chi connectivity index (χ0v) is 15.1. The van der Waals surface area contributed by atoms with Gasteiger partial charge in [-0.25, -0.2) is 4.79 Å². The van der Waals surface area contributed by atoms with Gasteiger partial charge in [0.1, 0.15) is 0 Å². The van der Waals surface area contributed by atoms with Crippen LogP contribution < -0.4 is 4.74 Å². The van der Waals surface area contributed by atoms with Crippen LogP contribution in [0.15, 0.2) is 35.0 Å². The monoisotopic (exact) mass is 345 g/mol. The highest BCUT2D eigenvalue weighted by Gasteiger charge is 2.38. The van der Waals surface area contributed by atoms with Gasteiger partial charge in [0.25, 0.3) is 5.91 Å². The van der Waals surface area contributed by atoms with E-state index < -0.39 is 5.97 Å². The van der Waals surface area contributed by atoms with Crippen molar-refractivity contribution < 1.29 is 24.2 Å². The Kier molecular flexibility index (Phi) is 5.51. The van der Waals surface area contributed by atoms with E-state index in [1.54, 1.807) is 30.0 Å². The highest BCUT2D eigenvalue weighted by molar-refractivity contribution is 6.16. The number of esters is 1. The number of carbonyl (C=O) groups excluding carboxylic acids is 2. The summed E-state index contributed by atoms with van der Waals surface area (Å²) in [4.78, 5) is 26.6. The number of nitrogens with zero attached hydrogens (tertiary/aromatic N) is 1. The first kappa shape index (κ1) is 18.6. The number of phenols is 1.